The molecule has 0 radical (unpaired) electrons. The first-order valence-corrected chi connectivity index (χ1v) is 12.8. The van der Waals surface area contributed by atoms with Crippen molar-refractivity contribution in [3.8, 4) is 5.69 Å². The summed E-state index contributed by atoms with van der Waals surface area (Å²) in [7, 11) is 0. The van der Waals surface area contributed by atoms with Crippen LogP contribution >= 0.6 is 0 Å². The number of allylic oxidation sites excluding steroid dienone is 3. The van der Waals surface area contributed by atoms with E-state index in [1.54, 1.807) is 4.68 Å². The van der Waals surface area contributed by atoms with Crippen molar-refractivity contribution < 1.29 is 4.79 Å². The van der Waals surface area contributed by atoms with Crippen molar-refractivity contribution in [1.29, 1.82) is 0 Å². The lowest BCUT2D eigenvalue weighted by molar-refractivity contribution is 0.0990. The monoisotopic (exact) mass is 481 g/mol. The lowest BCUT2D eigenvalue weighted by Crippen LogP contribution is -2.48. The van der Waals surface area contributed by atoms with Crippen LogP contribution in [0, 0.1) is 12.3 Å². The van der Waals surface area contributed by atoms with E-state index in [2.05, 4.69) is 102 Å². The molecule has 0 bridgehead atoms. The van der Waals surface area contributed by atoms with Crippen molar-refractivity contribution in [1.82, 2.24) is 19.7 Å². The van der Waals surface area contributed by atoms with Gasteiger partial charge in [0.1, 0.15) is 5.82 Å². The molecule has 1 amide bonds. The van der Waals surface area contributed by atoms with E-state index in [1.807, 2.05) is 6.92 Å². The second-order valence-electron chi connectivity index (χ2n) is 10.6. The van der Waals surface area contributed by atoms with Gasteiger partial charge in [-0.05, 0) is 68.1 Å². The van der Waals surface area contributed by atoms with Crippen LogP contribution in [0.1, 0.15) is 60.7 Å². The number of aromatic nitrogens is 3. The Morgan fingerprint density at radius 1 is 1.06 bits per heavy atom. The molecular weight excluding hydrogens is 446 g/mol. The average molecular weight is 482 g/mol. The van der Waals surface area contributed by atoms with Crippen molar-refractivity contribution in [3.05, 3.63) is 95.6 Å². The first-order chi connectivity index (χ1) is 17.3. The number of carbonyl (C=O) groups excluding carboxylic acids is 1. The molecule has 1 unspecified atom stereocenters. The second kappa shape index (κ2) is 9.51. The number of rotatable bonds is 7. The van der Waals surface area contributed by atoms with Gasteiger partial charge >= 0.3 is 0 Å². The molecule has 6 nitrogen and oxygen atoms in total. The van der Waals surface area contributed by atoms with E-state index in [0.717, 1.165) is 18.7 Å². The maximum atomic E-state index is 11.5. The predicted octanol–water partition coefficient (Wildman–Crippen LogP) is 5.08. The van der Waals surface area contributed by atoms with Crippen LogP contribution in [-0.4, -0.2) is 45.2 Å². The van der Waals surface area contributed by atoms with Gasteiger partial charge in [-0.25, -0.2) is 9.67 Å². The van der Waals surface area contributed by atoms with Gasteiger partial charge in [-0.1, -0.05) is 74.5 Å². The van der Waals surface area contributed by atoms with E-state index in [-0.39, 0.29) is 16.7 Å². The molecule has 1 atom stereocenters. The number of aryl methyl sites for hydroxylation is 1. The highest BCUT2D eigenvalue weighted by Crippen LogP contribution is 2.49. The average Bonchev–Trinajstić information content (AvgIpc) is 3.54. The highest BCUT2D eigenvalue weighted by molar-refractivity contribution is 5.88. The minimum absolute atomic E-state index is 0.0283. The normalized spacial score (nSPS) is 20.5. The molecule has 2 heterocycles. The fraction of sp³-hybridized carbons (Fsp3) is 0.367. The number of nitrogens with two attached hydrogens (primary N) is 1. The molecule has 36 heavy (non-hydrogen) atoms. The Kier molecular flexibility index (Phi) is 6.39. The van der Waals surface area contributed by atoms with E-state index in [4.69, 9.17) is 5.73 Å². The molecule has 6 heteroatoms. The van der Waals surface area contributed by atoms with Gasteiger partial charge < -0.3 is 10.6 Å². The van der Waals surface area contributed by atoms with Crippen molar-refractivity contribution in [2.24, 2.45) is 11.1 Å². The summed E-state index contributed by atoms with van der Waals surface area (Å²) in [6.45, 7) is 9.96. The highest BCUT2D eigenvalue weighted by Gasteiger charge is 2.45. The van der Waals surface area contributed by atoms with E-state index in [0.29, 0.717) is 5.82 Å². The molecule has 0 saturated carbocycles. The molecule has 2 aromatic carbocycles. The van der Waals surface area contributed by atoms with E-state index in [1.165, 1.54) is 42.6 Å². The first-order valence-electron chi connectivity index (χ1n) is 12.8. The van der Waals surface area contributed by atoms with Crippen LogP contribution in [0.5, 0.6) is 0 Å². The Hall–Kier alpha value is -3.51. The number of primary amides is 1. The predicted molar refractivity (Wildman–Crippen MR) is 144 cm³/mol. The second-order valence-corrected chi connectivity index (χ2v) is 10.6. The molecule has 1 aliphatic heterocycles. The van der Waals surface area contributed by atoms with Crippen LogP contribution in [0.3, 0.4) is 0 Å². The number of likely N-dealkylation sites (tertiary alicyclic amines) is 1. The fourth-order valence-corrected chi connectivity index (χ4v) is 5.69. The summed E-state index contributed by atoms with van der Waals surface area (Å²) in [5.74, 6) is 0.0513. The summed E-state index contributed by atoms with van der Waals surface area (Å²) in [5, 5.41) is 4.29. The van der Waals surface area contributed by atoms with Crippen LogP contribution in [0.25, 0.3) is 11.3 Å². The summed E-state index contributed by atoms with van der Waals surface area (Å²) < 4.78 is 1.67. The van der Waals surface area contributed by atoms with E-state index >= 15 is 0 Å². The standard InChI is InChI=1S/C30H35N5O/c1-22-32-28(27(31)36)33-35(22)26-13-11-25(12-14-26)29(2,3)30(21-34-19-7-8-20-34)17-15-24(16-18-30)23-9-5-4-6-10-23/h4-6,9-17H,7-8,18-21H2,1-3H3,(H2,31,36). The van der Waals surface area contributed by atoms with E-state index in [9.17, 15) is 4.79 Å². The Labute approximate surface area is 213 Å². The number of nitrogens with zero attached hydrogens (tertiary/aromatic N) is 4. The molecular formula is C30H35N5O. The summed E-state index contributed by atoms with van der Waals surface area (Å²) >= 11 is 0. The molecule has 1 aromatic heterocycles. The van der Waals surface area contributed by atoms with Gasteiger partial charge in [0.05, 0.1) is 5.69 Å². The van der Waals surface area contributed by atoms with Gasteiger partial charge in [0.2, 0.25) is 5.82 Å². The summed E-state index contributed by atoms with van der Waals surface area (Å²) in [5.41, 5.74) is 9.94. The lowest BCUT2D eigenvalue weighted by Gasteiger charge is -2.48. The van der Waals surface area contributed by atoms with Crippen LogP contribution in [0.4, 0.5) is 0 Å². The van der Waals surface area contributed by atoms with Crippen molar-refractivity contribution in [3.63, 3.8) is 0 Å². The number of hydrogen-bond acceptors (Lipinski definition) is 4. The fourth-order valence-electron chi connectivity index (χ4n) is 5.69. The Morgan fingerprint density at radius 2 is 1.75 bits per heavy atom. The Bertz CT molecular complexity index is 1300. The van der Waals surface area contributed by atoms with Crippen LogP contribution in [-0.2, 0) is 5.41 Å². The first kappa shape index (κ1) is 24.2. The lowest BCUT2D eigenvalue weighted by atomic mass is 9.58. The molecule has 5 rings (SSSR count). The molecule has 3 aromatic rings. The quantitative estimate of drug-likeness (QED) is 0.511. The van der Waals surface area contributed by atoms with Gasteiger partial charge in [-0.15, -0.1) is 5.10 Å². The minimum atomic E-state index is -0.620. The van der Waals surface area contributed by atoms with Gasteiger partial charge in [0.25, 0.3) is 5.91 Å². The number of benzene rings is 2. The van der Waals surface area contributed by atoms with Crippen molar-refractivity contribution in [2.45, 2.75) is 45.4 Å². The number of hydrogen-bond donors (Lipinski definition) is 1. The Balaban J connectivity index is 1.47. The molecule has 1 saturated heterocycles. The smallest absolute Gasteiger partial charge is 0.288 e. The van der Waals surface area contributed by atoms with Gasteiger partial charge in [-0.3, -0.25) is 4.79 Å². The van der Waals surface area contributed by atoms with Gasteiger partial charge in [-0.2, -0.15) is 0 Å². The molecule has 2 N–H and O–H groups in total. The van der Waals surface area contributed by atoms with Crippen LogP contribution < -0.4 is 5.73 Å². The maximum absolute atomic E-state index is 11.5. The third-order valence-corrected chi connectivity index (χ3v) is 8.15. The zero-order valence-corrected chi connectivity index (χ0v) is 21.4. The van der Waals surface area contributed by atoms with Crippen LogP contribution in [0.15, 0.2) is 72.8 Å². The van der Waals surface area contributed by atoms with E-state index < -0.39 is 5.91 Å². The minimum Gasteiger partial charge on any atom is -0.363 e. The molecule has 1 fully saturated rings. The molecule has 1 aliphatic carbocycles. The highest BCUT2D eigenvalue weighted by atomic mass is 16.1. The molecule has 186 valence electrons. The summed E-state index contributed by atoms with van der Waals surface area (Å²) in [4.78, 5) is 18.3. The third kappa shape index (κ3) is 4.42. The number of amides is 1. The zero-order valence-electron chi connectivity index (χ0n) is 21.4. The molecule has 2 aliphatic rings. The van der Waals surface area contributed by atoms with Crippen molar-refractivity contribution in [2.75, 3.05) is 19.6 Å². The summed E-state index contributed by atoms with van der Waals surface area (Å²) in [6.07, 6.45) is 10.8. The van der Waals surface area contributed by atoms with Gasteiger partial charge in [0, 0.05) is 17.4 Å². The molecule has 0 spiro atoms. The number of carbonyl (C=O) groups is 1. The Morgan fingerprint density at radius 3 is 2.33 bits per heavy atom. The van der Waals surface area contributed by atoms with Crippen molar-refractivity contribution >= 4 is 11.5 Å². The van der Waals surface area contributed by atoms with Crippen LogP contribution in [0.2, 0.25) is 0 Å². The largest absolute Gasteiger partial charge is 0.363 e. The summed E-state index contributed by atoms with van der Waals surface area (Å²) in [6, 6.07) is 19.1. The topological polar surface area (TPSA) is 77.0 Å². The van der Waals surface area contributed by atoms with Gasteiger partial charge in [0.15, 0.2) is 0 Å². The SMILES string of the molecule is Cc1nc(C(N)=O)nn1-c1ccc(C(C)(C)C2(CN3CCCC3)C=CC(c3ccccc3)=CC2)cc1. The maximum Gasteiger partial charge on any atom is 0.288 e. The zero-order chi connectivity index (χ0) is 25.3. The third-order valence-electron chi connectivity index (χ3n) is 8.15.